The molecule has 0 saturated heterocycles. The Balaban J connectivity index is 1.62. The normalized spacial score (nSPS) is 14.3. The van der Waals surface area contributed by atoms with E-state index in [2.05, 4.69) is 5.32 Å². The number of fused-ring (bicyclic) bond motifs is 1. The minimum Gasteiger partial charge on any atom is -0.460 e. The van der Waals surface area contributed by atoms with Crippen molar-refractivity contribution in [3.8, 4) is 0 Å². The molecule has 1 saturated carbocycles. The van der Waals surface area contributed by atoms with Crippen LogP contribution in [0.3, 0.4) is 0 Å². The maximum atomic E-state index is 13.1. The number of carbonyl (C=O) groups is 3. The van der Waals surface area contributed by atoms with Crippen molar-refractivity contribution in [2.45, 2.75) is 78.4 Å². The molecule has 1 aliphatic rings. The van der Waals surface area contributed by atoms with Gasteiger partial charge >= 0.3 is 5.97 Å². The number of aryl methyl sites for hydroxylation is 2. The fraction of sp³-hybridized carbons (Fsp3) is 0.467. The Morgan fingerprint density at radius 1 is 1.05 bits per heavy atom. The molecule has 4 rings (SSSR count). The average Bonchev–Trinajstić information content (AvgIpc) is 3.22. The summed E-state index contributed by atoms with van der Waals surface area (Å²) in [6.07, 6.45) is 5.36. The standard InChI is InChI=1S/C30H38N4O4/c1-20-11-13-21(14-12-20)27(36)32-29-31-24-19-23(33(5)28(37)22-9-7-6-8-10-22)15-16-25(24)34(29)18-17-26(35)38-30(2,3)4/h11-16,19,22H,6-10,17-18H2,1-5H3,(H,31,32,36). The number of benzene rings is 2. The minimum absolute atomic E-state index is 0.0557. The first-order chi connectivity index (χ1) is 18.0. The molecule has 0 unspecified atom stereocenters. The Morgan fingerprint density at radius 2 is 1.74 bits per heavy atom. The van der Waals surface area contributed by atoms with E-state index >= 15 is 0 Å². The maximum absolute atomic E-state index is 13.1. The SMILES string of the molecule is Cc1ccc(C(=O)Nc2nc3cc(N(C)C(=O)C4CCCCC4)ccc3n2CCC(=O)OC(C)(C)C)cc1. The van der Waals surface area contributed by atoms with Crippen LogP contribution in [0, 0.1) is 12.8 Å². The third-order valence-corrected chi connectivity index (χ3v) is 6.90. The predicted octanol–water partition coefficient (Wildman–Crippen LogP) is 5.87. The van der Waals surface area contributed by atoms with Crippen molar-refractivity contribution < 1.29 is 19.1 Å². The highest BCUT2D eigenvalue weighted by molar-refractivity contribution is 6.04. The van der Waals surface area contributed by atoms with E-state index in [1.54, 1.807) is 24.1 Å². The van der Waals surface area contributed by atoms with Gasteiger partial charge in [-0.05, 0) is 70.9 Å². The maximum Gasteiger partial charge on any atom is 0.308 e. The number of hydrogen-bond acceptors (Lipinski definition) is 5. The molecule has 8 heteroatoms. The third-order valence-electron chi connectivity index (χ3n) is 6.90. The van der Waals surface area contributed by atoms with Crippen LogP contribution in [-0.2, 0) is 20.9 Å². The lowest BCUT2D eigenvalue weighted by atomic mass is 9.88. The summed E-state index contributed by atoms with van der Waals surface area (Å²) in [7, 11) is 1.80. The van der Waals surface area contributed by atoms with Crippen LogP contribution in [0.1, 0.15) is 75.2 Å². The van der Waals surface area contributed by atoms with Crippen molar-refractivity contribution in [3.05, 3.63) is 53.6 Å². The van der Waals surface area contributed by atoms with Crippen LogP contribution in [0.4, 0.5) is 11.6 Å². The number of esters is 1. The Morgan fingerprint density at radius 3 is 2.39 bits per heavy atom. The Labute approximate surface area is 224 Å². The number of carbonyl (C=O) groups excluding carboxylic acids is 3. The van der Waals surface area contributed by atoms with E-state index in [1.165, 1.54) is 6.42 Å². The van der Waals surface area contributed by atoms with E-state index in [0.29, 0.717) is 17.0 Å². The zero-order valence-electron chi connectivity index (χ0n) is 23.0. The molecular formula is C30H38N4O4. The molecule has 0 bridgehead atoms. The zero-order chi connectivity index (χ0) is 27.4. The van der Waals surface area contributed by atoms with Gasteiger partial charge in [-0.2, -0.15) is 0 Å². The number of aromatic nitrogens is 2. The number of anilines is 2. The van der Waals surface area contributed by atoms with Crippen molar-refractivity contribution in [2.24, 2.45) is 5.92 Å². The van der Waals surface area contributed by atoms with Gasteiger partial charge in [-0.25, -0.2) is 4.98 Å². The molecule has 8 nitrogen and oxygen atoms in total. The highest BCUT2D eigenvalue weighted by Gasteiger charge is 2.26. The van der Waals surface area contributed by atoms with E-state index in [-0.39, 0.29) is 36.7 Å². The van der Waals surface area contributed by atoms with Crippen LogP contribution < -0.4 is 10.2 Å². The number of nitrogens with zero attached hydrogens (tertiary/aromatic N) is 3. The van der Waals surface area contributed by atoms with Crippen LogP contribution >= 0.6 is 0 Å². The first-order valence-electron chi connectivity index (χ1n) is 13.4. The number of hydrogen-bond donors (Lipinski definition) is 1. The van der Waals surface area contributed by atoms with Gasteiger partial charge in [0.25, 0.3) is 5.91 Å². The number of nitrogens with one attached hydrogen (secondary N) is 1. The van der Waals surface area contributed by atoms with Crippen molar-refractivity contribution in [2.75, 3.05) is 17.3 Å². The topological polar surface area (TPSA) is 93.5 Å². The van der Waals surface area contributed by atoms with Gasteiger partial charge in [0, 0.05) is 30.8 Å². The molecule has 0 spiro atoms. The number of imidazole rings is 1. The van der Waals surface area contributed by atoms with Crippen LogP contribution in [0.15, 0.2) is 42.5 Å². The van der Waals surface area contributed by atoms with Gasteiger partial charge in [-0.1, -0.05) is 37.0 Å². The second kappa shape index (κ2) is 11.4. The van der Waals surface area contributed by atoms with Gasteiger partial charge in [-0.3, -0.25) is 19.7 Å². The zero-order valence-corrected chi connectivity index (χ0v) is 23.0. The lowest BCUT2D eigenvalue weighted by Gasteiger charge is -2.26. The Bertz CT molecular complexity index is 1310. The Kier molecular flexibility index (Phi) is 8.19. The van der Waals surface area contributed by atoms with Crippen LogP contribution in [0.25, 0.3) is 11.0 Å². The second-order valence-corrected chi connectivity index (χ2v) is 11.1. The lowest BCUT2D eigenvalue weighted by molar-refractivity contribution is -0.155. The molecule has 0 radical (unpaired) electrons. The van der Waals surface area contributed by atoms with E-state index in [1.807, 2.05) is 62.6 Å². The first-order valence-corrected chi connectivity index (χ1v) is 13.4. The quantitative estimate of drug-likeness (QED) is 0.395. The van der Waals surface area contributed by atoms with Gasteiger partial charge in [0.05, 0.1) is 17.5 Å². The molecule has 1 fully saturated rings. The van der Waals surface area contributed by atoms with Crippen LogP contribution in [-0.4, -0.2) is 40.0 Å². The summed E-state index contributed by atoms with van der Waals surface area (Å²) in [6.45, 7) is 7.74. The Hall–Kier alpha value is -3.68. The molecule has 202 valence electrons. The highest BCUT2D eigenvalue weighted by Crippen LogP contribution is 2.30. The molecule has 1 aliphatic carbocycles. The molecular weight excluding hydrogens is 480 g/mol. The molecule has 38 heavy (non-hydrogen) atoms. The molecule has 3 aromatic rings. The van der Waals surface area contributed by atoms with E-state index < -0.39 is 5.60 Å². The smallest absolute Gasteiger partial charge is 0.308 e. The summed E-state index contributed by atoms with van der Waals surface area (Å²) in [5.41, 5.74) is 3.14. The highest BCUT2D eigenvalue weighted by atomic mass is 16.6. The van der Waals surface area contributed by atoms with Gasteiger partial charge in [0.1, 0.15) is 5.60 Å². The predicted molar refractivity (Wildman–Crippen MR) is 149 cm³/mol. The molecule has 1 aromatic heterocycles. The summed E-state index contributed by atoms with van der Waals surface area (Å²) < 4.78 is 7.30. The van der Waals surface area contributed by atoms with E-state index in [0.717, 1.165) is 42.5 Å². The monoisotopic (exact) mass is 518 g/mol. The van der Waals surface area contributed by atoms with Crippen molar-refractivity contribution in [3.63, 3.8) is 0 Å². The summed E-state index contributed by atoms with van der Waals surface area (Å²) >= 11 is 0. The van der Waals surface area contributed by atoms with E-state index in [4.69, 9.17) is 9.72 Å². The van der Waals surface area contributed by atoms with E-state index in [9.17, 15) is 14.4 Å². The van der Waals surface area contributed by atoms with Crippen molar-refractivity contribution in [1.29, 1.82) is 0 Å². The number of ether oxygens (including phenoxy) is 1. The third kappa shape index (κ3) is 6.60. The van der Waals surface area contributed by atoms with Crippen molar-refractivity contribution >= 4 is 40.5 Å². The second-order valence-electron chi connectivity index (χ2n) is 11.1. The summed E-state index contributed by atoms with van der Waals surface area (Å²) in [5.74, 6) is -0.0951. The molecule has 1 N–H and O–H groups in total. The fourth-order valence-corrected chi connectivity index (χ4v) is 4.87. The molecule has 2 amide bonds. The number of rotatable bonds is 7. The van der Waals surface area contributed by atoms with Crippen molar-refractivity contribution in [1.82, 2.24) is 9.55 Å². The fourth-order valence-electron chi connectivity index (χ4n) is 4.87. The summed E-state index contributed by atoms with van der Waals surface area (Å²) in [5, 5.41) is 2.91. The molecule has 0 atom stereocenters. The largest absolute Gasteiger partial charge is 0.460 e. The molecule has 0 aliphatic heterocycles. The average molecular weight is 519 g/mol. The first kappa shape index (κ1) is 27.4. The minimum atomic E-state index is -0.582. The van der Waals surface area contributed by atoms with Gasteiger partial charge < -0.3 is 14.2 Å². The van der Waals surface area contributed by atoms with Crippen LogP contribution in [0.2, 0.25) is 0 Å². The summed E-state index contributed by atoms with van der Waals surface area (Å²) in [4.78, 5) is 45.0. The lowest BCUT2D eigenvalue weighted by Crippen LogP contribution is -2.33. The van der Waals surface area contributed by atoms with Gasteiger partial charge in [-0.15, -0.1) is 0 Å². The molecule has 2 aromatic carbocycles. The van der Waals surface area contributed by atoms with Gasteiger partial charge in [0.15, 0.2) is 0 Å². The molecule has 1 heterocycles. The van der Waals surface area contributed by atoms with Gasteiger partial charge in [0.2, 0.25) is 11.9 Å². The van der Waals surface area contributed by atoms with Crippen LogP contribution in [0.5, 0.6) is 0 Å². The number of amides is 2. The summed E-state index contributed by atoms with van der Waals surface area (Å²) in [6, 6.07) is 12.9.